The van der Waals surface area contributed by atoms with Crippen molar-refractivity contribution in [1.29, 1.82) is 0 Å². The minimum atomic E-state index is -4.60. The van der Waals surface area contributed by atoms with Gasteiger partial charge in [0.2, 0.25) is 16.0 Å². The quantitative estimate of drug-likeness (QED) is 0.312. The lowest BCUT2D eigenvalue weighted by atomic mass is 9.71. The van der Waals surface area contributed by atoms with Gasteiger partial charge in [0.25, 0.3) is 0 Å². The van der Waals surface area contributed by atoms with Gasteiger partial charge in [-0.05, 0) is 93.2 Å². The van der Waals surface area contributed by atoms with Crippen molar-refractivity contribution in [3.63, 3.8) is 0 Å². The van der Waals surface area contributed by atoms with Crippen LogP contribution < -0.4 is 9.80 Å². The Morgan fingerprint density at radius 1 is 0.907 bits per heavy atom. The Kier molecular flexibility index (Phi) is 8.34. The van der Waals surface area contributed by atoms with Gasteiger partial charge in [0, 0.05) is 68.7 Å². The molecule has 2 aromatic heterocycles. The molecule has 43 heavy (non-hydrogen) atoms. The van der Waals surface area contributed by atoms with Crippen molar-refractivity contribution in [3.05, 3.63) is 72.3 Å². The lowest BCUT2D eigenvalue weighted by Gasteiger charge is -2.47. The number of aryl methyl sites for hydroxylation is 1. The predicted molar refractivity (Wildman–Crippen MR) is 158 cm³/mol. The van der Waals surface area contributed by atoms with Gasteiger partial charge in [-0.2, -0.15) is 17.5 Å². The standard InChI is InChI=1S/C31H37F3N6O2S/c32-31(33,34)24-3-1-5-28(23-24)43(41,42)40(27-6-7-27)18-2-4-25-8-17-36-29(37-25)39-21-13-30(14-22-39)11-19-38(20-12-30)26-9-15-35-16-10-26/h1,3,5,8-10,15-17,23,27H,2,4,6-7,11-14,18-22H2. The third-order valence-electron chi connectivity index (χ3n) is 9.19. The minimum absolute atomic E-state index is 0.169. The molecule has 0 bridgehead atoms. The Morgan fingerprint density at radius 3 is 2.23 bits per heavy atom. The summed E-state index contributed by atoms with van der Waals surface area (Å²) in [7, 11) is -4.05. The molecule has 0 radical (unpaired) electrons. The summed E-state index contributed by atoms with van der Waals surface area (Å²) < 4.78 is 67.7. The zero-order chi connectivity index (χ0) is 30.1. The molecule has 1 aliphatic carbocycles. The molecule has 0 atom stereocenters. The smallest absolute Gasteiger partial charge is 0.371 e. The number of piperidine rings is 2. The van der Waals surface area contributed by atoms with Gasteiger partial charge in [0.1, 0.15) is 0 Å². The molecule has 0 N–H and O–H groups in total. The normalized spacial score (nSPS) is 19.3. The van der Waals surface area contributed by atoms with Gasteiger partial charge in [0.15, 0.2) is 0 Å². The average molecular weight is 615 g/mol. The Balaban J connectivity index is 1.03. The van der Waals surface area contributed by atoms with E-state index in [9.17, 15) is 21.6 Å². The number of hydrogen-bond donors (Lipinski definition) is 0. The molecule has 1 aromatic carbocycles. The zero-order valence-corrected chi connectivity index (χ0v) is 24.9. The summed E-state index contributed by atoms with van der Waals surface area (Å²) in [6.45, 7) is 4.15. The first kappa shape index (κ1) is 29.8. The maximum Gasteiger partial charge on any atom is 0.416 e. The van der Waals surface area contributed by atoms with Crippen LogP contribution in [0.25, 0.3) is 0 Å². The van der Waals surface area contributed by atoms with Crippen LogP contribution in [-0.2, 0) is 22.6 Å². The molecule has 4 heterocycles. The first-order valence-corrected chi connectivity index (χ1v) is 16.5. The van der Waals surface area contributed by atoms with Crippen LogP contribution in [0.2, 0.25) is 0 Å². The summed E-state index contributed by atoms with van der Waals surface area (Å²) >= 11 is 0. The summed E-state index contributed by atoms with van der Waals surface area (Å²) in [6, 6.07) is 9.84. The molecule has 12 heteroatoms. The fraction of sp³-hybridized carbons (Fsp3) is 0.516. The first-order chi connectivity index (χ1) is 20.6. The predicted octanol–water partition coefficient (Wildman–Crippen LogP) is 5.56. The monoisotopic (exact) mass is 614 g/mol. The fourth-order valence-corrected chi connectivity index (χ4v) is 8.17. The highest BCUT2D eigenvalue weighted by atomic mass is 32.2. The van der Waals surface area contributed by atoms with E-state index in [1.54, 1.807) is 6.20 Å². The highest BCUT2D eigenvalue weighted by Crippen LogP contribution is 2.42. The van der Waals surface area contributed by atoms with Crippen LogP contribution in [0.15, 0.2) is 66.0 Å². The molecule has 1 spiro atoms. The Bertz CT molecular complexity index is 1500. The Labute approximate surface area is 251 Å². The van der Waals surface area contributed by atoms with Crippen LogP contribution in [0.3, 0.4) is 0 Å². The van der Waals surface area contributed by atoms with Gasteiger partial charge < -0.3 is 9.80 Å². The molecule has 3 fully saturated rings. The molecule has 2 saturated heterocycles. The highest BCUT2D eigenvalue weighted by Gasteiger charge is 2.40. The molecule has 3 aliphatic rings. The molecule has 8 nitrogen and oxygen atoms in total. The highest BCUT2D eigenvalue weighted by molar-refractivity contribution is 7.89. The van der Waals surface area contributed by atoms with E-state index in [2.05, 4.69) is 31.9 Å². The summed E-state index contributed by atoms with van der Waals surface area (Å²) in [6.07, 6.45) is 7.90. The molecular weight excluding hydrogens is 577 g/mol. The number of alkyl halides is 3. The van der Waals surface area contributed by atoms with Gasteiger partial charge >= 0.3 is 6.18 Å². The van der Waals surface area contributed by atoms with E-state index >= 15 is 0 Å². The SMILES string of the molecule is O=S(=O)(c1cccc(C(F)(F)F)c1)N(CCCc1ccnc(N2CCC3(CCN(c4ccncc4)CC3)CC2)n1)C1CC1. The second-order valence-corrected chi connectivity index (χ2v) is 13.9. The summed E-state index contributed by atoms with van der Waals surface area (Å²) in [5, 5.41) is 0. The number of rotatable bonds is 9. The number of halogens is 3. The van der Waals surface area contributed by atoms with Crippen LogP contribution in [0.5, 0.6) is 0 Å². The molecule has 230 valence electrons. The first-order valence-electron chi connectivity index (χ1n) is 15.0. The number of sulfonamides is 1. The third kappa shape index (κ3) is 6.80. The largest absolute Gasteiger partial charge is 0.416 e. The van der Waals surface area contributed by atoms with E-state index in [0.717, 1.165) is 62.9 Å². The van der Waals surface area contributed by atoms with E-state index < -0.39 is 21.8 Å². The number of pyridine rings is 1. The number of benzene rings is 1. The molecule has 0 unspecified atom stereocenters. The third-order valence-corrected chi connectivity index (χ3v) is 11.1. The number of aromatic nitrogens is 3. The van der Waals surface area contributed by atoms with Gasteiger partial charge in [-0.3, -0.25) is 4.98 Å². The molecule has 6 rings (SSSR count). The zero-order valence-electron chi connectivity index (χ0n) is 24.1. The molecule has 1 saturated carbocycles. The van der Waals surface area contributed by atoms with Crippen LogP contribution >= 0.6 is 0 Å². The lowest BCUT2D eigenvalue weighted by molar-refractivity contribution is -0.137. The number of anilines is 2. The van der Waals surface area contributed by atoms with Crippen LogP contribution in [0.4, 0.5) is 24.8 Å². The van der Waals surface area contributed by atoms with E-state index in [4.69, 9.17) is 4.98 Å². The molecular formula is C31H37F3N6O2S. The van der Waals surface area contributed by atoms with Crippen molar-refractivity contribution in [3.8, 4) is 0 Å². The van der Waals surface area contributed by atoms with Gasteiger partial charge in [-0.1, -0.05) is 6.07 Å². The van der Waals surface area contributed by atoms with E-state index in [1.165, 1.54) is 28.9 Å². The van der Waals surface area contributed by atoms with Crippen molar-refractivity contribution in [2.45, 2.75) is 68.5 Å². The van der Waals surface area contributed by atoms with E-state index in [-0.39, 0.29) is 17.5 Å². The van der Waals surface area contributed by atoms with Crippen molar-refractivity contribution in [2.75, 3.05) is 42.5 Å². The average Bonchev–Trinajstić information content (AvgIpc) is 3.86. The van der Waals surface area contributed by atoms with Crippen molar-refractivity contribution >= 4 is 21.7 Å². The summed E-state index contributed by atoms with van der Waals surface area (Å²) in [4.78, 5) is 17.9. The van der Waals surface area contributed by atoms with Crippen molar-refractivity contribution in [1.82, 2.24) is 19.3 Å². The molecule has 2 aliphatic heterocycles. The summed E-state index contributed by atoms with van der Waals surface area (Å²) in [5.41, 5.74) is 1.47. The molecule has 0 amide bonds. The summed E-state index contributed by atoms with van der Waals surface area (Å²) in [5.74, 6) is 0.706. The Hall–Kier alpha value is -3.25. The van der Waals surface area contributed by atoms with Gasteiger partial charge in [-0.25, -0.2) is 18.4 Å². The minimum Gasteiger partial charge on any atom is -0.371 e. The number of hydrogen-bond acceptors (Lipinski definition) is 7. The van der Waals surface area contributed by atoms with Crippen LogP contribution in [0, 0.1) is 5.41 Å². The molecule has 3 aromatic rings. The topological polar surface area (TPSA) is 82.5 Å². The van der Waals surface area contributed by atoms with Crippen LogP contribution in [0.1, 0.15) is 56.2 Å². The van der Waals surface area contributed by atoms with E-state index in [0.29, 0.717) is 37.0 Å². The lowest BCUT2D eigenvalue weighted by Crippen LogP contribution is -2.47. The maximum absolute atomic E-state index is 13.3. The van der Waals surface area contributed by atoms with Crippen LogP contribution in [-0.4, -0.2) is 66.4 Å². The van der Waals surface area contributed by atoms with Gasteiger partial charge in [0.05, 0.1) is 10.5 Å². The van der Waals surface area contributed by atoms with Crippen molar-refractivity contribution < 1.29 is 21.6 Å². The second kappa shape index (κ2) is 12.0. The Morgan fingerprint density at radius 2 is 1.58 bits per heavy atom. The fourth-order valence-electron chi connectivity index (χ4n) is 6.40. The van der Waals surface area contributed by atoms with Crippen molar-refractivity contribution in [2.24, 2.45) is 5.41 Å². The van der Waals surface area contributed by atoms with Gasteiger partial charge in [-0.15, -0.1) is 0 Å². The van der Waals surface area contributed by atoms with E-state index in [1.807, 2.05) is 18.5 Å². The maximum atomic E-state index is 13.3. The second-order valence-electron chi connectivity index (χ2n) is 12.0. The number of nitrogens with zero attached hydrogens (tertiary/aromatic N) is 6.